The average Bonchev–Trinajstić information content (AvgIpc) is 2.94. The fourth-order valence-electron chi connectivity index (χ4n) is 3.35. The minimum absolute atomic E-state index is 0.0921. The number of nitrogens with one attached hydrogen (secondary N) is 3. The molecule has 1 unspecified atom stereocenters. The van der Waals surface area contributed by atoms with Gasteiger partial charge in [-0.05, 0) is 41.0 Å². The Bertz CT molecular complexity index is 1180. The largest absolute Gasteiger partial charge is 0.355 e. The van der Waals surface area contributed by atoms with E-state index < -0.39 is 0 Å². The Kier molecular flexibility index (Phi) is 15.8. The zero-order chi connectivity index (χ0) is 28.2. The zero-order valence-corrected chi connectivity index (χ0v) is 22.7. The van der Waals surface area contributed by atoms with E-state index in [9.17, 15) is 19.2 Å². The summed E-state index contributed by atoms with van der Waals surface area (Å²) < 4.78 is 0. The van der Waals surface area contributed by atoms with Gasteiger partial charge in [0.15, 0.2) is 0 Å². The molecule has 0 aliphatic heterocycles. The lowest BCUT2D eigenvalue weighted by atomic mass is 9.99. The van der Waals surface area contributed by atoms with Crippen LogP contribution in [0.4, 0.5) is 0 Å². The molecule has 0 heterocycles. The highest BCUT2D eigenvalue weighted by molar-refractivity contribution is 5.96. The highest BCUT2D eigenvalue weighted by Gasteiger charge is 2.15. The van der Waals surface area contributed by atoms with Crippen molar-refractivity contribution in [1.82, 2.24) is 16.0 Å². The van der Waals surface area contributed by atoms with Crippen LogP contribution in [0, 0.1) is 0 Å². The SMILES string of the molecule is CC(=O)NC/C=C/C=O.CC(NC(=O)c1ccccc1CNC=O)c1cccc2ccccc12.CCCC. The Balaban J connectivity index is 0.000000464. The molecule has 7 nitrogen and oxygen atoms in total. The fourth-order valence-corrected chi connectivity index (χ4v) is 3.35. The predicted octanol–water partition coefficient (Wildman–Crippen LogP) is 5.26. The van der Waals surface area contributed by atoms with Gasteiger partial charge in [0.1, 0.15) is 6.29 Å². The van der Waals surface area contributed by atoms with Crippen molar-refractivity contribution in [3.05, 3.63) is 95.6 Å². The second kappa shape index (κ2) is 18.9. The number of amides is 3. The number of fused-ring (bicyclic) bond motifs is 1. The van der Waals surface area contributed by atoms with E-state index in [-0.39, 0.29) is 17.9 Å². The van der Waals surface area contributed by atoms with Crippen LogP contribution in [0.1, 0.15) is 68.1 Å². The highest BCUT2D eigenvalue weighted by Crippen LogP contribution is 2.24. The van der Waals surface area contributed by atoms with Crippen molar-refractivity contribution in [3.8, 4) is 0 Å². The lowest BCUT2D eigenvalue weighted by Crippen LogP contribution is -2.28. The molecule has 1 atom stereocenters. The summed E-state index contributed by atoms with van der Waals surface area (Å²) in [4.78, 5) is 43.1. The second-order valence-electron chi connectivity index (χ2n) is 8.42. The van der Waals surface area contributed by atoms with Crippen molar-refractivity contribution in [1.29, 1.82) is 0 Å². The van der Waals surface area contributed by atoms with E-state index in [0.29, 0.717) is 31.3 Å². The van der Waals surface area contributed by atoms with Gasteiger partial charge in [0.25, 0.3) is 5.91 Å². The quantitative estimate of drug-likeness (QED) is 0.252. The van der Waals surface area contributed by atoms with Gasteiger partial charge in [-0.2, -0.15) is 0 Å². The summed E-state index contributed by atoms with van der Waals surface area (Å²) in [6.45, 7) is 8.52. The third-order valence-electron chi connectivity index (χ3n) is 5.46. The van der Waals surface area contributed by atoms with Gasteiger partial charge >= 0.3 is 0 Å². The number of carbonyl (C=O) groups is 4. The highest BCUT2D eigenvalue weighted by atomic mass is 16.2. The first kappa shape index (κ1) is 31.8. The molecule has 38 heavy (non-hydrogen) atoms. The van der Waals surface area contributed by atoms with Gasteiger partial charge in [-0.15, -0.1) is 0 Å². The Labute approximate surface area is 225 Å². The first-order valence-corrected chi connectivity index (χ1v) is 12.8. The molecule has 0 radical (unpaired) electrons. The molecular formula is C31H39N3O4. The van der Waals surface area contributed by atoms with Gasteiger partial charge in [-0.25, -0.2) is 0 Å². The average molecular weight is 518 g/mol. The molecule has 0 aliphatic rings. The molecule has 3 amide bonds. The third-order valence-corrected chi connectivity index (χ3v) is 5.46. The molecule has 0 aliphatic carbocycles. The van der Waals surface area contributed by atoms with Crippen LogP contribution in [-0.4, -0.2) is 31.1 Å². The molecule has 0 aromatic heterocycles. The lowest BCUT2D eigenvalue weighted by Gasteiger charge is -2.18. The number of rotatable bonds is 10. The maximum atomic E-state index is 12.7. The number of carbonyl (C=O) groups excluding carboxylic acids is 4. The van der Waals surface area contributed by atoms with E-state index in [1.807, 2.05) is 49.4 Å². The van der Waals surface area contributed by atoms with Crippen LogP contribution < -0.4 is 16.0 Å². The molecule has 3 aromatic rings. The van der Waals surface area contributed by atoms with Crippen molar-refractivity contribution in [2.45, 2.75) is 53.1 Å². The number of unbranched alkanes of at least 4 members (excludes halogenated alkanes) is 1. The summed E-state index contributed by atoms with van der Waals surface area (Å²) >= 11 is 0. The van der Waals surface area contributed by atoms with Crippen molar-refractivity contribution in [2.24, 2.45) is 0 Å². The summed E-state index contributed by atoms with van der Waals surface area (Å²) in [5.41, 5.74) is 2.44. The molecule has 0 spiro atoms. The molecular weight excluding hydrogens is 478 g/mol. The first-order valence-electron chi connectivity index (χ1n) is 12.8. The van der Waals surface area contributed by atoms with Crippen LogP contribution in [0.3, 0.4) is 0 Å². The van der Waals surface area contributed by atoms with Crippen molar-refractivity contribution in [2.75, 3.05) is 6.54 Å². The summed E-state index contributed by atoms with van der Waals surface area (Å²) in [6, 6.07) is 21.4. The fraction of sp³-hybridized carbons (Fsp3) is 0.290. The Morgan fingerprint density at radius 3 is 2.21 bits per heavy atom. The van der Waals surface area contributed by atoms with Gasteiger partial charge in [0, 0.05) is 25.6 Å². The number of hydrogen-bond acceptors (Lipinski definition) is 4. The van der Waals surface area contributed by atoms with Gasteiger partial charge < -0.3 is 16.0 Å². The predicted molar refractivity (Wildman–Crippen MR) is 154 cm³/mol. The molecule has 202 valence electrons. The Hall–Kier alpha value is -4.26. The summed E-state index contributed by atoms with van der Waals surface area (Å²) in [5.74, 6) is -0.241. The molecule has 3 aromatic carbocycles. The van der Waals surface area contributed by atoms with E-state index in [1.54, 1.807) is 12.1 Å². The Morgan fingerprint density at radius 1 is 0.895 bits per heavy atom. The van der Waals surface area contributed by atoms with Crippen LogP contribution in [0.2, 0.25) is 0 Å². The minimum atomic E-state index is -0.149. The van der Waals surface area contributed by atoms with Crippen molar-refractivity contribution < 1.29 is 19.2 Å². The van der Waals surface area contributed by atoms with Crippen LogP contribution in [0.5, 0.6) is 0 Å². The van der Waals surface area contributed by atoms with Crippen LogP contribution >= 0.6 is 0 Å². The lowest BCUT2D eigenvalue weighted by molar-refractivity contribution is -0.118. The minimum Gasteiger partial charge on any atom is -0.355 e. The maximum Gasteiger partial charge on any atom is 0.252 e. The molecule has 0 saturated heterocycles. The molecule has 7 heteroatoms. The van der Waals surface area contributed by atoms with E-state index in [4.69, 9.17) is 0 Å². The molecule has 0 saturated carbocycles. The van der Waals surface area contributed by atoms with Gasteiger partial charge in [0.2, 0.25) is 12.3 Å². The van der Waals surface area contributed by atoms with Crippen LogP contribution in [0.25, 0.3) is 10.8 Å². The molecule has 0 fully saturated rings. The topological polar surface area (TPSA) is 104 Å². The van der Waals surface area contributed by atoms with Gasteiger partial charge in [0.05, 0.1) is 6.04 Å². The summed E-state index contributed by atoms with van der Waals surface area (Å²) in [6.07, 6.45) is 6.86. The van der Waals surface area contributed by atoms with E-state index >= 15 is 0 Å². The molecule has 3 rings (SSSR count). The normalized spacial score (nSPS) is 10.7. The van der Waals surface area contributed by atoms with Crippen molar-refractivity contribution >= 4 is 35.3 Å². The van der Waals surface area contributed by atoms with E-state index in [0.717, 1.165) is 21.9 Å². The smallest absolute Gasteiger partial charge is 0.252 e. The molecule has 3 N–H and O–H groups in total. The number of hydrogen-bond donors (Lipinski definition) is 3. The summed E-state index contributed by atoms with van der Waals surface area (Å²) in [7, 11) is 0. The zero-order valence-electron chi connectivity index (χ0n) is 22.7. The Morgan fingerprint density at radius 2 is 1.55 bits per heavy atom. The van der Waals surface area contributed by atoms with Gasteiger partial charge in [-0.1, -0.05) is 93.4 Å². The maximum absolute atomic E-state index is 12.7. The molecule has 0 bridgehead atoms. The van der Waals surface area contributed by atoms with Crippen LogP contribution in [0.15, 0.2) is 78.9 Å². The number of benzene rings is 3. The number of allylic oxidation sites excluding steroid dienone is 1. The standard InChI is InChI=1S/C21H20N2O2.C6H9NO2.C4H10/c1-15(18-12-6-9-16-7-2-4-10-19(16)18)23-21(25)20-11-5-3-8-17(20)13-22-14-24;1-6(9)7-4-2-3-5-8;1-3-4-2/h2-12,14-15H,13H2,1H3,(H,22,24)(H,23,25);2-3,5H,4H2,1H3,(H,7,9);3-4H2,1-2H3/b;3-2+;. The second-order valence-corrected chi connectivity index (χ2v) is 8.42. The van der Waals surface area contributed by atoms with Crippen molar-refractivity contribution in [3.63, 3.8) is 0 Å². The monoisotopic (exact) mass is 517 g/mol. The van der Waals surface area contributed by atoms with Gasteiger partial charge in [-0.3, -0.25) is 19.2 Å². The number of aldehydes is 1. The summed E-state index contributed by atoms with van der Waals surface area (Å²) in [5, 5.41) is 10.5. The first-order chi connectivity index (χ1) is 18.4. The van der Waals surface area contributed by atoms with E-state index in [2.05, 4.69) is 48.0 Å². The third kappa shape index (κ3) is 11.6. The van der Waals surface area contributed by atoms with Crippen LogP contribution in [-0.2, 0) is 20.9 Å². The van der Waals surface area contributed by atoms with E-state index in [1.165, 1.54) is 25.8 Å².